The van der Waals surface area contributed by atoms with Crippen LogP contribution in [0.25, 0.3) is 0 Å². The van der Waals surface area contributed by atoms with Gasteiger partial charge in [-0.2, -0.15) is 0 Å². The molecule has 0 saturated heterocycles. The molecule has 1 aromatic rings. The number of likely N-dealkylation sites (N-methyl/N-ethyl adjacent to an activating group) is 1. The van der Waals surface area contributed by atoms with Gasteiger partial charge in [-0.15, -0.1) is 0 Å². The number of nitrogens with zero attached hydrogens (tertiary/aromatic N) is 1. The van der Waals surface area contributed by atoms with E-state index in [-0.39, 0.29) is 16.4 Å². The Balaban J connectivity index is 3.24. The molecule has 2 nitrogen and oxygen atoms in total. The number of carbonyl (C=O) groups is 1. The Morgan fingerprint density at radius 3 is 2.37 bits per heavy atom. The first-order valence-corrected chi connectivity index (χ1v) is 7.37. The van der Waals surface area contributed by atoms with Crippen LogP contribution < -0.4 is 0 Å². The molecule has 0 aromatic heterocycles. The number of hydrogen-bond donors (Lipinski definition) is 0. The van der Waals surface area contributed by atoms with Crippen LogP contribution in [0.2, 0.25) is 5.02 Å². The highest BCUT2D eigenvalue weighted by Gasteiger charge is 2.35. The average molecular weight is 351 g/mol. The second-order valence-corrected chi connectivity index (χ2v) is 6.02. The predicted octanol–water partition coefficient (Wildman–Crippen LogP) is 4.54. The van der Waals surface area contributed by atoms with Crippen LogP contribution in [-0.2, 0) is 0 Å². The summed E-state index contributed by atoms with van der Waals surface area (Å²) < 4.78 is 14.6. The average Bonchev–Trinajstić information content (AvgIpc) is 2.36. The molecule has 0 radical (unpaired) electrons. The van der Waals surface area contributed by atoms with Crippen molar-refractivity contribution in [1.82, 2.24) is 4.90 Å². The summed E-state index contributed by atoms with van der Waals surface area (Å²) in [7, 11) is 0. The molecule has 1 rings (SSSR count). The molecule has 0 unspecified atom stereocenters. The molecule has 0 saturated carbocycles. The zero-order chi connectivity index (χ0) is 14.8. The van der Waals surface area contributed by atoms with Crippen LogP contribution in [0.4, 0.5) is 4.39 Å². The lowest BCUT2D eigenvalue weighted by molar-refractivity contribution is 0.0664. The summed E-state index contributed by atoms with van der Waals surface area (Å²) >= 11 is 8.98. The fraction of sp³-hybridized carbons (Fsp3) is 0.500. The van der Waals surface area contributed by atoms with Crippen molar-refractivity contribution in [1.29, 1.82) is 0 Å². The van der Waals surface area contributed by atoms with Gasteiger partial charge < -0.3 is 0 Å². The van der Waals surface area contributed by atoms with Crippen molar-refractivity contribution in [3.63, 3.8) is 0 Å². The fourth-order valence-electron chi connectivity index (χ4n) is 2.19. The van der Waals surface area contributed by atoms with Gasteiger partial charge in [-0.25, -0.2) is 4.39 Å². The van der Waals surface area contributed by atoms with E-state index in [0.717, 1.165) is 13.1 Å². The van der Waals surface area contributed by atoms with Gasteiger partial charge >= 0.3 is 0 Å². The van der Waals surface area contributed by atoms with Crippen molar-refractivity contribution in [2.24, 2.45) is 0 Å². The zero-order valence-corrected chi connectivity index (χ0v) is 13.9. The van der Waals surface area contributed by atoms with Gasteiger partial charge in [0, 0.05) is 4.47 Å². The summed E-state index contributed by atoms with van der Waals surface area (Å²) in [6, 6.07) is 3.07. The second kappa shape index (κ2) is 6.33. The number of carbonyl (C=O) groups excluding carboxylic acids is 1. The molecular weight excluding hydrogens is 333 g/mol. The lowest BCUT2D eigenvalue weighted by Gasteiger charge is -2.35. The summed E-state index contributed by atoms with van der Waals surface area (Å²) in [5, 5.41) is -0.0544. The van der Waals surface area contributed by atoms with Crippen LogP contribution >= 0.6 is 27.5 Å². The molecule has 19 heavy (non-hydrogen) atoms. The fourth-order valence-corrected chi connectivity index (χ4v) is 2.66. The van der Waals surface area contributed by atoms with Crippen LogP contribution in [0.1, 0.15) is 38.1 Å². The van der Waals surface area contributed by atoms with Gasteiger partial charge in [0.25, 0.3) is 0 Å². The van der Waals surface area contributed by atoms with Gasteiger partial charge in [-0.05, 0) is 55.0 Å². The molecule has 0 aliphatic carbocycles. The Morgan fingerprint density at radius 2 is 1.89 bits per heavy atom. The summed E-state index contributed by atoms with van der Waals surface area (Å²) in [6.07, 6.45) is 0. The predicted molar refractivity (Wildman–Crippen MR) is 80.4 cm³/mol. The molecule has 0 N–H and O–H groups in total. The number of Topliss-reactive ketones (excluding diaryl/α,β-unsaturated/α-hetero) is 1. The summed E-state index contributed by atoms with van der Waals surface area (Å²) in [6.45, 7) is 9.00. The summed E-state index contributed by atoms with van der Waals surface area (Å²) in [5.74, 6) is -0.927. The third-order valence-electron chi connectivity index (χ3n) is 3.39. The highest BCUT2D eigenvalue weighted by Crippen LogP contribution is 2.30. The van der Waals surface area contributed by atoms with E-state index >= 15 is 0 Å². The smallest absolute Gasteiger partial charge is 0.185 e. The number of halogens is 3. The Morgan fingerprint density at radius 1 is 1.37 bits per heavy atom. The Hall–Kier alpha value is -0.450. The molecule has 0 aliphatic heterocycles. The maximum Gasteiger partial charge on any atom is 0.185 e. The first kappa shape index (κ1) is 16.6. The van der Waals surface area contributed by atoms with Gasteiger partial charge in [0.2, 0.25) is 0 Å². The molecule has 0 fully saturated rings. The number of rotatable bonds is 5. The minimum atomic E-state index is -0.762. The standard InChI is InChI=1S/C14H18BrClFNO/c1-5-18(6-2)14(3,4)13(19)9-7-8-10(15)11(16)12(9)17/h7-8H,5-6H2,1-4H3. The van der Waals surface area contributed by atoms with Gasteiger partial charge in [-0.3, -0.25) is 9.69 Å². The lowest BCUT2D eigenvalue weighted by atomic mass is 9.91. The Bertz CT molecular complexity index is 487. The number of hydrogen-bond acceptors (Lipinski definition) is 2. The lowest BCUT2D eigenvalue weighted by Crippen LogP contribution is -2.50. The third-order valence-corrected chi connectivity index (χ3v) is 4.65. The van der Waals surface area contributed by atoms with E-state index in [1.54, 1.807) is 19.9 Å². The van der Waals surface area contributed by atoms with Crippen LogP contribution in [0, 0.1) is 5.82 Å². The second-order valence-electron chi connectivity index (χ2n) is 4.78. The van der Waals surface area contributed by atoms with E-state index in [4.69, 9.17) is 11.6 Å². The van der Waals surface area contributed by atoms with Crippen molar-refractivity contribution < 1.29 is 9.18 Å². The van der Waals surface area contributed by atoms with E-state index in [2.05, 4.69) is 15.9 Å². The Kier molecular flexibility index (Phi) is 5.53. The molecule has 106 valence electrons. The molecular formula is C14H18BrClFNO. The van der Waals surface area contributed by atoms with Gasteiger partial charge in [0.15, 0.2) is 11.6 Å². The molecule has 0 spiro atoms. The third kappa shape index (κ3) is 3.18. The molecule has 0 aliphatic rings. The van der Waals surface area contributed by atoms with Gasteiger partial charge in [0.1, 0.15) is 0 Å². The number of benzene rings is 1. The quantitative estimate of drug-likeness (QED) is 0.574. The van der Waals surface area contributed by atoms with E-state index in [1.807, 2.05) is 18.7 Å². The van der Waals surface area contributed by atoms with E-state index < -0.39 is 11.4 Å². The largest absolute Gasteiger partial charge is 0.292 e. The van der Waals surface area contributed by atoms with Crippen LogP contribution in [0.5, 0.6) is 0 Å². The minimum absolute atomic E-state index is 0.0325. The van der Waals surface area contributed by atoms with Gasteiger partial charge in [0.05, 0.1) is 16.1 Å². The topological polar surface area (TPSA) is 20.3 Å². The van der Waals surface area contributed by atoms with Crippen LogP contribution in [0.15, 0.2) is 16.6 Å². The molecule has 0 bridgehead atoms. The van der Waals surface area contributed by atoms with Crippen LogP contribution in [0.3, 0.4) is 0 Å². The highest BCUT2D eigenvalue weighted by atomic mass is 79.9. The first-order valence-electron chi connectivity index (χ1n) is 6.20. The first-order chi connectivity index (χ1) is 8.77. The molecule has 0 atom stereocenters. The van der Waals surface area contributed by atoms with Crippen molar-refractivity contribution in [3.8, 4) is 0 Å². The Labute approximate surface area is 127 Å². The maximum absolute atomic E-state index is 14.1. The maximum atomic E-state index is 14.1. The molecule has 0 heterocycles. The monoisotopic (exact) mass is 349 g/mol. The summed E-state index contributed by atoms with van der Waals surface area (Å²) in [4.78, 5) is 14.5. The highest BCUT2D eigenvalue weighted by molar-refractivity contribution is 9.10. The number of ketones is 1. The van der Waals surface area contributed by atoms with Crippen molar-refractivity contribution in [2.75, 3.05) is 13.1 Å². The van der Waals surface area contributed by atoms with Crippen LogP contribution in [-0.4, -0.2) is 29.3 Å². The summed E-state index contributed by atoms with van der Waals surface area (Å²) in [5.41, 5.74) is -0.730. The zero-order valence-electron chi connectivity index (χ0n) is 11.6. The normalized spacial score (nSPS) is 12.0. The van der Waals surface area contributed by atoms with E-state index in [9.17, 15) is 9.18 Å². The van der Waals surface area contributed by atoms with Crippen molar-refractivity contribution >= 4 is 33.3 Å². The van der Waals surface area contributed by atoms with Gasteiger partial charge in [-0.1, -0.05) is 25.4 Å². The molecule has 0 amide bonds. The van der Waals surface area contributed by atoms with Crippen molar-refractivity contribution in [2.45, 2.75) is 33.2 Å². The van der Waals surface area contributed by atoms with E-state index in [0.29, 0.717) is 4.47 Å². The molecule has 1 aromatic carbocycles. The molecule has 5 heteroatoms. The van der Waals surface area contributed by atoms with E-state index in [1.165, 1.54) is 6.07 Å². The van der Waals surface area contributed by atoms with Crippen molar-refractivity contribution in [3.05, 3.63) is 33.0 Å². The SMILES string of the molecule is CCN(CC)C(C)(C)C(=O)c1ccc(Br)c(Cl)c1F. The minimum Gasteiger partial charge on any atom is -0.292 e.